The molecule has 28 heavy (non-hydrogen) atoms. The maximum atomic E-state index is 12.4. The third kappa shape index (κ3) is 4.83. The maximum Gasteiger partial charge on any atom is 0.340 e. The minimum absolute atomic E-state index is 0.158. The average molecular weight is 397 g/mol. The zero-order chi connectivity index (χ0) is 19.9. The number of nitrogens with zero attached hydrogens (tertiary/aromatic N) is 2. The smallest absolute Gasteiger partial charge is 0.340 e. The molecule has 0 saturated carbocycles. The van der Waals surface area contributed by atoms with E-state index in [9.17, 15) is 9.59 Å². The topological polar surface area (TPSA) is 93.2 Å². The number of para-hydroxylation sites is 1. The van der Waals surface area contributed by atoms with Gasteiger partial charge in [-0.05, 0) is 43.3 Å². The molecule has 0 bridgehead atoms. The summed E-state index contributed by atoms with van der Waals surface area (Å²) in [7, 11) is 0. The van der Waals surface area contributed by atoms with Gasteiger partial charge >= 0.3 is 5.97 Å². The van der Waals surface area contributed by atoms with E-state index in [1.807, 2.05) is 0 Å². The Kier molecular flexibility index (Phi) is 6.18. The van der Waals surface area contributed by atoms with Gasteiger partial charge in [-0.2, -0.15) is 0 Å². The number of carbonyl (C=O) groups excluding carboxylic acids is 2. The van der Waals surface area contributed by atoms with Gasteiger partial charge in [0.25, 0.3) is 5.91 Å². The Balaban J connectivity index is 1.79. The minimum atomic E-state index is -0.458. The van der Waals surface area contributed by atoms with Crippen LogP contribution in [-0.2, 0) is 4.74 Å². The Bertz CT molecular complexity index is 1010. The Morgan fingerprint density at radius 1 is 1.11 bits per heavy atom. The van der Waals surface area contributed by atoms with Crippen molar-refractivity contribution in [2.24, 2.45) is 0 Å². The van der Waals surface area contributed by atoms with Crippen LogP contribution >= 0.6 is 11.6 Å². The fourth-order valence-electron chi connectivity index (χ4n) is 2.41. The Hall–Kier alpha value is -3.45. The van der Waals surface area contributed by atoms with Crippen molar-refractivity contribution in [3.05, 3.63) is 77.1 Å². The summed E-state index contributed by atoms with van der Waals surface area (Å²) in [5.74, 6) is -0.692. The number of esters is 1. The number of anilines is 3. The molecule has 2 aromatic carbocycles. The third-order valence-electron chi connectivity index (χ3n) is 3.64. The molecule has 0 aliphatic carbocycles. The first-order valence-electron chi connectivity index (χ1n) is 8.50. The van der Waals surface area contributed by atoms with E-state index in [1.54, 1.807) is 55.5 Å². The highest BCUT2D eigenvalue weighted by Crippen LogP contribution is 2.20. The summed E-state index contributed by atoms with van der Waals surface area (Å²) in [5.41, 5.74) is 1.54. The van der Waals surface area contributed by atoms with Gasteiger partial charge in [-0.3, -0.25) is 4.79 Å². The first-order valence-corrected chi connectivity index (χ1v) is 8.87. The lowest BCUT2D eigenvalue weighted by molar-refractivity contribution is 0.0527. The van der Waals surface area contributed by atoms with E-state index < -0.39 is 11.9 Å². The van der Waals surface area contributed by atoms with Gasteiger partial charge in [-0.25, -0.2) is 14.8 Å². The highest BCUT2D eigenvalue weighted by molar-refractivity contribution is 6.30. The van der Waals surface area contributed by atoms with Crippen LogP contribution in [0.25, 0.3) is 0 Å². The molecule has 0 saturated heterocycles. The van der Waals surface area contributed by atoms with E-state index in [4.69, 9.17) is 16.3 Å². The Labute approximate surface area is 166 Å². The second-order valence-corrected chi connectivity index (χ2v) is 6.06. The van der Waals surface area contributed by atoms with Crippen molar-refractivity contribution in [1.29, 1.82) is 0 Å². The van der Waals surface area contributed by atoms with Gasteiger partial charge in [0.1, 0.15) is 5.69 Å². The lowest BCUT2D eigenvalue weighted by atomic mass is 10.2. The summed E-state index contributed by atoms with van der Waals surface area (Å²) in [6.07, 6.45) is 1.45. The van der Waals surface area contributed by atoms with Gasteiger partial charge in [-0.15, -0.1) is 0 Å². The van der Waals surface area contributed by atoms with E-state index in [1.165, 1.54) is 12.3 Å². The van der Waals surface area contributed by atoms with Crippen molar-refractivity contribution in [3.63, 3.8) is 0 Å². The van der Waals surface area contributed by atoms with Crippen LogP contribution in [0.2, 0.25) is 5.02 Å². The highest BCUT2D eigenvalue weighted by Gasteiger charge is 2.14. The van der Waals surface area contributed by atoms with Crippen LogP contribution in [0.5, 0.6) is 0 Å². The minimum Gasteiger partial charge on any atom is -0.462 e. The van der Waals surface area contributed by atoms with Gasteiger partial charge in [0.15, 0.2) is 0 Å². The fraction of sp³-hybridized carbons (Fsp3) is 0.100. The lowest BCUT2D eigenvalue weighted by Crippen LogP contribution is -2.15. The summed E-state index contributed by atoms with van der Waals surface area (Å²) in [6.45, 7) is 2.00. The number of halogens is 1. The summed E-state index contributed by atoms with van der Waals surface area (Å²) in [4.78, 5) is 32.9. The maximum absolute atomic E-state index is 12.4. The molecule has 0 spiro atoms. The molecule has 1 heterocycles. The van der Waals surface area contributed by atoms with Crippen molar-refractivity contribution in [2.75, 3.05) is 17.2 Å². The molecule has 7 nitrogen and oxygen atoms in total. The van der Waals surface area contributed by atoms with Crippen molar-refractivity contribution in [3.8, 4) is 0 Å². The quantitative estimate of drug-likeness (QED) is 0.603. The summed E-state index contributed by atoms with van der Waals surface area (Å²) in [6, 6.07) is 15.1. The predicted molar refractivity (Wildman–Crippen MR) is 107 cm³/mol. The number of rotatable bonds is 6. The van der Waals surface area contributed by atoms with Gasteiger partial charge in [-0.1, -0.05) is 29.8 Å². The highest BCUT2D eigenvalue weighted by atomic mass is 35.5. The predicted octanol–water partition coefficient (Wildman–Crippen LogP) is 4.30. The molecule has 0 radical (unpaired) electrons. The average Bonchev–Trinajstić information content (AvgIpc) is 2.69. The van der Waals surface area contributed by atoms with Crippen LogP contribution < -0.4 is 10.6 Å². The number of hydrogen-bond acceptors (Lipinski definition) is 6. The van der Waals surface area contributed by atoms with E-state index in [2.05, 4.69) is 20.6 Å². The van der Waals surface area contributed by atoms with Gasteiger partial charge in [0.05, 0.1) is 17.9 Å². The van der Waals surface area contributed by atoms with Crippen LogP contribution in [0.15, 0.2) is 60.8 Å². The molecule has 0 unspecified atom stereocenters. The number of carbonyl (C=O) groups is 2. The van der Waals surface area contributed by atoms with E-state index in [0.29, 0.717) is 22.0 Å². The van der Waals surface area contributed by atoms with Crippen LogP contribution in [0, 0.1) is 0 Å². The van der Waals surface area contributed by atoms with Crippen molar-refractivity contribution >= 4 is 40.8 Å². The molecular formula is C20H17ClN4O3. The number of amides is 1. The number of benzene rings is 2. The molecule has 8 heteroatoms. The van der Waals surface area contributed by atoms with Gasteiger partial charge in [0, 0.05) is 16.9 Å². The molecule has 142 valence electrons. The number of ether oxygens (including phenoxy) is 1. The third-order valence-corrected chi connectivity index (χ3v) is 3.87. The molecule has 0 aliphatic heterocycles. The summed E-state index contributed by atoms with van der Waals surface area (Å²) >= 11 is 5.93. The van der Waals surface area contributed by atoms with Crippen LogP contribution in [0.4, 0.5) is 17.3 Å². The van der Waals surface area contributed by atoms with Crippen LogP contribution in [0.3, 0.4) is 0 Å². The fourth-order valence-corrected chi connectivity index (χ4v) is 2.60. The first-order chi connectivity index (χ1) is 13.6. The van der Waals surface area contributed by atoms with Crippen molar-refractivity contribution < 1.29 is 14.3 Å². The molecular weight excluding hydrogens is 380 g/mol. The van der Waals surface area contributed by atoms with E-state index in [0.717, 1.165) is 0 Å². The number of hydrogen-bond donors (Lipinski definition) is 2. The summed E-state index contributed by atoms with van der Waals surface area (Å²) in [5, 5.41) is 6.19. The van der Waals surface area contributed by atoms with E-state index in [-0.39, 0.29) is 18.2 Å². The largest absolute Gasteiger partial charge is 0.462 e. The second kappa shape index (κ2) is 8.96. The normalized spacial score (nSPS) is 10.2. The van der Waals surface area contributed by atoms with E-state index >= 15 is 0 Å². The Morgan fingerprint density at radius 3 is 2.71 bits per heavy atom. The molecule has 2 N–H and O–H groups in total. The zero-order valence-electron chi connectivity index (χ0n) is 15.0. The Morgan fingerprint density at radius 2 is 1.93 bits per heavy atom. The van der Waals surface area contributed by atoms with Gasteiger partial charge in [0.2, 0.25) is 5.95 Å². The lowest BCUT2D eigenvalue weighted by Gasteiger charge is -2.11. The molecule has 1 amide bonds. The first kappa shape index (κ1) is 19.3. The molecule has 3 aromatic rings. The molecule has 1 aromatic heterocycles. The van der Waals surface area contributed by atoms with Gasteiger partial charge < -0.3 is 15.4 Å². The van der Waals surface area contributed by atoms with Crippen molar-refractivity contribution in [2.45, 2.75) is 6.92 Å². The second-order valence-electron chi connectivity index (χ2n) is 5.62. The monoisotopic (exact) mass is 396 g/mol. The molecule has 0 fully saturated rings. The zero-order valence-corrected chi connectivity index (χ0v) is 15.7. The summed E-state index contributed by atoms with van der Waals surface area (Å²) < 4.78 is 5.05. The standard InChI is InChI=1S/C20H17ClN4O3/c1-2-28-19(27)15-8-3-4-9-16(15)24-20-22-11-10-17(25-20)18(26)23-14-7-5-6-13(21)12-14/h3-12H,2H2,1H3,(H,23,26)(H,22,24,25). The molecule has 0 aliphatic rings. The number of nitrogens with one attached hydrogen (secondary N) is 2. The molecule has 3 rings (SSSR count). The SMILES string of the molecule is CCOC(=O)c1ccccc1Nc1nccc(C(=O)Nc2cccc(Cl)c2)n1. The van der Waals surface area contributed by atoms with Crippen LogP contribution in [-0.4, -0.2) is 28.5 Å². The van der Waals surface area contributed by atoms with Crippen LogP contribution in [0.1, 0.15) is 27.8 Å². The molecule has 0 atom stereocenters. The van der Waals surface area contributed by atoms with Crippen molar-refractivity contribution in [1.82, 2.24) is 9.97 Å². The number of aromatic nitrogens is 2.